The van der Waals surface area contributed by atoms with Crippen LogP contribution in [0.1, 0.15) is 36.5 Å². The molecule has 1 fully saturated rings. The molecule has 0 spiro atoms. The van der Waals surface area contributed by atoms with Gasteiger partial charge in [0.25, 0.3) is 0 Å². The van der Waals surface area contributed by atoms with E-state index < -0.39 is 0 Å². The number of hydrogen-bond donors (Lipinski definition) is 0. The summed E-state index contributed by atoms with van der Waals surface area (Å²) < 4.78 is 17.0. The third-order valence-electron chi connectivity index (χ3n) is 6.06. The molecular weight excluding hydrogens is 354 g/mol. The van der Waals surface area contributed by atoms with Crippen molar-refractivity contribution in [2.75, 3.05) is 20.8 Å². The summed E-state index contributed by atoms with van der Waals surface area (Å²) >= 11 is 0. The van der Waals surface area contributed by atoms with Crippen LogP contribution >= 0.6 is 0 Å². The predicted molar refractivity (Wildman–Crippen MR) is 107 cm³/mol. The highest BCUT2D eigenvalue weighted by Crippen LogP contribution is 2.48. The molecule has 4 rings (SSSR count). The van der Waals surface area contributed by atoms with Crippen LogP contribution in [0.3, 0.4) is 0 Å². The molecule has 5 nitrogen and oxygen atoms in total. The zero-order valence-corrected chi connectivity index (χ0v) is 16.7. The van der Waals surface area contributed by atoms with Crippen molar-refractivity contribution >= 4 is 5.91 Å². The molecule has 5 heteroatoms. The Morgan fingerprint density at radius 2 is 1.82 bits per heavy atom. The summed E-state index contributed by atoms with van der Waals surface area (Å²) in [6.45, 7) is 3.23. The number of methoxy groups -OCH3 is 2. The van der Waals surface area contributed by atoms with Gasteiger partial charge < -0.3 is 19.1 Å². The number of fused-ring (bicyclic) bond motifs is 3. The van der Waals surface area contributed by atoms with Crippen molar-refractivity contribution in [3.63, 3.8) is 0 Å². The Bertz CT molecular complexity index is 866. The zero-order chi connectivity index (χ0) is 19.7. The third kappa shape index (κ3) is 3.14. The highest BCUT2D eigenvalue weighted by atomic mass is 16.5. The molecule has 0 aliphatic carbocycles. The van der Waals surface area contributed by atoms with Gasteiger partial charge in [0.1, 0.15) is 0 Å². The molecule has 0 N–H and O–H groups in total. The fourth-order valence-electron chi connectivity index (χ4n) is 4.69. The molecule has 0 saturated carbocycles. The Morgan fingerprint density at radius 3 is 2.54 bits per heavy atom. The van der Waals surface area contributed by atoms with Gasteiger partial charge in [0, 0.05) is 6.42 Å². The topological polar surface area (TPSA) is 48.0 Å². The molecule has 2 aromatic carbocycles. The Balaban J connectivity index is 1.62. The van der Waals surface area contributed by atoms with E-state index in [1.54, 1.807) is 14.2 Å². The van der Waals surface area contributed by atoms with Crippen molar-refractivity contribution in [2.24, 2.45) is 0 Å². The maximum atomic E-state index is 12.8. The van der Waals surface area contributed by atoms with Crippen LogP contribution in [-0.4, -0.2) is 37.7 Å². The van der Waals surface area contributed by atoms with E-state index in [4.69, 9.17) is 14.2 Å². The van der Waals surface area contributed by atoms with Gasteiger partial charge in [0.15, 0.2) is 11.5 Å². The molecule has 1 unspecified atom stereocenters. The minimum absolute atomic E-state index is 0.0225. The predicted octanol–water partition coefficient (Wildman–Crippen LogP) is 3.68. The molecule has 1 saturated heterocycles. The van der Waals surface area contributed by atoms with Crippen molar-refractivity contribution in [3.05, 3.63) is 59.2 Å². The van der Waals surface area contributed by atoms with Crippen molar-refractivity contribution in [1.29, 1.82) is 0 Å². The van der Waals surface area contributed by atoms with E-state index in [-0.39, 0.29) is 17.5 Å². The fourth-order valence-corrected chi connectivity index (χ4v) is 4.69. The van der Waals surface area contributed by atoms with Crippen molar-refractivity contribution in [3.8, 4) is 11.5 Å². The van der Waals surface area contributed by atoms with Crippen molar-refractivity contribution < 1.29 is 19.0 Å². The van der Waals surface area contributed by atoms with Crippen LogP contribution in [0, 0.1) is 0 Å². The number of carbonyl (C=O) groups excluding carboxylic acids is 1. The zero-order valence-electron chi connectivity index (χ0n) is 16.7. The van der Waals surface area contributed by atoms with Gasteiger partial charge in [-0.2, -0.15) is 0 Å². The Kier molecular flexibility index (Phi) is 5.02. The number of hydrogen-bond acceptors (Lipinski definition) is 4. The Morgan fingerprint density at radius 1 is 1.11 bits per heavy atom. The number of nitrogens with zero attached hydrogens (tertiary/aromatic N) is 1. The van der Waals surface area contributed by atoms with E-state index >= 15 is 0 Å². The summed E-state index contributed by atoms with van der Waals surface area (Å²) in [5.74, 6) is 1.64. The molecule has 0 aromatic heterocycles. The molecule has 1 amide bonds. The van der Waals surface area contributed by atoms with Gasteiger partial charge in [-0.05, 0) is 48.6 Å². The van der Waals surface area contributed by atoms with Crippen LogP contribution in [0.25, 0.3) is 0 Å². The van der Waals surface area contributed by atoms with E-state index in [9.17, 15) is 4.79 Å². The molecule has 28 heavy (non-hydrogen) atoms. The Hall–Kier alpha value is -2.53. The molecule has 148 valence electrons. The van der Waals surface area contributed by atoms with Gasteiger partial charge in [-0.25, -0.2) is 0 Å². The molecule has 0 radical (unpaired) electrons. The van der Waals surface area contributed by atoms with Crippen LogP contribution in [0.4, 0.5) is 0 Å². The quantitative estimate of drug-likeness (QED) is 0.766. The lowest BCUT2D eigenvalue weighted by atomic mass is 9.79. The summed E-state index contributed by atoms with van der Waals surface area (Å²) in [4.78, 5) is 14.8. The SMILES string of the molecule is COc1cc2c(cc1OC)C1(C)CCC(=O)N1[C@H](COCc1ccccc1)C2. The van der Waals surface area contributed by atoms with E-state index in [1.165, 1.54) is 5.56 Å². The number of carbonyl (C=O) groups is 1. The van der Waals surface area contributed by atoms with Gasteiger partial charge >= 0.3 is 0 Å². The summed E-state index contributed by atoms with van der Waals surface area (Å²) in [6, 6.07) is 14.3. The summed E-state index contributed by atoms with van der Waals surface area (Å²) in [5, 5.41) is 0. The smallest absolute Gasteiger partial charge is 0.223 e. The molecule has 2 aromatic rings. The average Bonchev–Trinajstić information content (AvgIpc) is 3.03. The van der Waals surface area contributed by atoms with Gasteiger partial charge in [0.2, 0.25) is 5.91 Å². The fraction of sp³-hybridized carbons (Fsp3) is 0.435. The highest BCUT2D eigenvalue weighted by Gasteiger charge is 2.50. The second kappa shape index (κ2) is 7.47. The van der Waals surface area contributed by atoms with Gasteiger partial charge in [0.05, 0.1) is 39.0 Å². The molecule has 2 aliphatic rings. The van der Waals surface area contributed by atoms with E-state index in [2.05, 4.69) is 25.1 Å². The molecular formula is C23H27NO4. The standard InChI is InChI=1S/C23H27NO4/c1-23-10-9-22(25)24(23)18(15-28-14-16-7-5-4-6-8-16)11-17-12-20(26-2)21(27-3)13-19(17)23/h4-8,12-13,18H,9-11,14-15H2,1-3H3/t18-,23?/m0/s1. The van der Waals surface area contributed by atoms with Crippen molar-refractivity contribution in [2.45, 2.75) is 44.4 Å². The van der Waals surface area contributed by atoms with E-state index in [1.807, 2.05) is 29.2 Å². The van der Waals surface area contributed by atoms with Crippen LogP contribution < -0.4 is 9.47 Å². The van der Waals surface area contributed by atoms with Crippen LogP contribution in [0.2, 0.25) is 0 Å². The van der Waals surface area contributed by atoms with Crippen LogP contribution in [-0.2, 0) is 28.1 Å². The number of benzene rings is 2. The number of rotatable bonds is 6. The lowest BCUT2D eigenvalue weighted by Gasteiger charge is -2.46. The normalized spacial score (nSPS) is 23.3. The van der Waals surface area contributed by atoms with Crippen LogP contribution in [0.5, 0.6) is 11.5 Å². The van der Waals surface area contributed by atoms with Crippen molar-refractivity contribution in [1.82, 2.24) is 4.90 Å². The minimum atomic E-state index is -0.328. The van der Waals surface area contributed by atoms with Gasteiger partial charge in [-0.15, -0.1) is 0 Å². The van der Waals surface area contributed by atoms with E-state index in [0.29, 0.717) is 25.4 Å². The van der Waals surface area contributed by atoms with Gasteiger partial charge in [-0.1, -0.05) is 30.3 Å². The third-order valence-corrected chi connectivity index (χ3v) is 6.06. The molecule has 2 atom stereocenters. The highest BCUT2D eigenvalue weighted by molar-refractivity contribution is 5.81. The minimum Gasteiger partial charge on any atom is -0.493 e. The first kappa shape index (κ1) is 18.8. The summed E-state index contributed by atoms with van der Waals surface area (Å²) in [7, 11) is 3.30. The monoisotopic (exact) mass is 381 g/mol. The first-order valence-electron chi connectivity index (χ1n) is 9.76. The maximum Gasteiger partial charge on any atom is 0.223 e. The first-order chi connectivity index (χ1) is 13.6. The average molecular weight is 381 g/mol. The largest absolute Gasteiger partial charge is 0.493 e. The van der Waals surface area contributed by atoms with Crippen LogP contribution in [0.15, 0.2) is 42.5 Å². The summed E-state index contributed by atoms with van der Waals surface area (Å²) in [6.07, 6.45) is 2.13. The molecule has 2 heterocycles. The first-order valence-corrected chi connectivity index (χ1v) is 9.76. The lowest BCUT2D eigenvalue weighted by Crippen LogP contribution is -2.54. The number of ether oxygens (including phenoxy) is 3. The molecule has 0 bridgehead atoms. The summed E-state index contributed by atoms with van der Waals surface area (Å²) in [5.41, 5.74) is 3.18. The number of amides is 1. The van der Waals surface area contributed by atoms with Gasteiger partial charge in [-0.3, -0.25) is 4.79 Å². The van der Waals surface area contributed by atoms with E-state index in [0.717, 1.165) is 29.7 Å². The lowest BCUT2D eigenvalue weighted by molar-refractivity contribution is -0.136. The second-order valence-corrected chi connectivity index (χ2v) is 7.76. The second-order valence-electron chi connectivity index (χ2n) is 7.76. The maximum absolute atomic E-state index is 12.8. The Labute approximate surface area is 166 Å². The molecule has 2 aliphatic heterocycles.